The summed E-state index contributed by atoms with van der Waals surface area (Å²) in [4.78, 5) is 35.3. The maximum atomic E-state index is 12.1. The summed E-state index contributed by atoms with van der Waals surface area (Å²) in [7, 11) is 0. The minimum atomic E-state index is -0.675. The van der Waals surface area contributed by atoms with E-state index in [1.54, 1.807) is 37.3 Å². The highest BCUT2D eigenvalue weighted by atomic mass is 32.2. The van der Waals surface area contributed by atoms with Gasteiger partial charge in [0.15, 0.2) is 5.70 Å². The van der Waals surface area contributed by atoms with Crippen molar-refractivity contribution in [2.24, 2.45) is 0 Å². The highest BCUT2D eigenvalue weighted by molar-refractivity contribution is 8.04. The van der Waals surface area contributed by atoms with Gasteiger partial charge in [-0.1, -0.05) is 30.0 Å². The summed E-state index contributed by atoms with van der Waals surface area (Å²) < 4.78 is 4.91. The summed E-state index contributed by atoms with van der Waals surface area (Å²) in [6.07, 6.45) is 0. The molecule has 1 aromatic carbocycles. The van der Waals surface area contributed by atoms with E-state index < -0.39 is 11.9 Å². The van der Waals surface area contributed by atoms with Crippen LogP contribution in [-0.2, 0) is 14.3 Å². The van der Waals surface area contributed by atoms with E-state index >= 15 is 0 Å². The van der Waals surface area contributed by atoms with Gasteiger partial charge in [0, 0.05) is 5.56 Å². The van der Waals surface area contributed by atoms with E-state index in [0.29, 0.717) is 10.6 Å². The monoisotopic (exact) mass is 306 g/mol. The Labute approximate surface area is 125 Å². The number of hydrogen-bond donors (Lipinski definition) is 2. The molecular formula is C14H14N2O4S. The molecule has 0 radical (unpaired) electrons. The second-order valence-electron chi connectivity index (χ2n) is 4.08. The van der Waals surface area contributed by atoms with Gasteiger partial charge in [-0.25, -0.2) is 4.79 Å². The number of rotatable bonds is 4. The van der Waals surface area contributed by atoms with Gasteiger partial charge in [-0.15, -0.1) is 0 Å². The van der Waals surface area contributed by atoms with Crippen LogP contribution in [0.2, 0.25) is 0 Å². The molecule has 0 atom stereocenters. The van der Waals surface area contributed by atoms with E-state index in [0.717, 1.165) is 11.8 Å². The van der Waals surface area contributed by atoms with Crippen molar-refractivity contribution in [2.75, 3.05) is 12.4 Å². The summed E-state index contributed by atoms with van der Waals surface area (Å²) in [5, 5.41) is 5.36. The topological polar surface area (TPSA) is 84.5 Å². The van der Waals surface area contributed by atoms with Crippen molar-refractivity contribution in [1.29, 1.82) is 0 Å². The number of esters is 1. The number of thioether (sulfide) groups is 1. The van der Waals surface area contributed by atoms with Crippen molar-refractivity contribution in [2.45, 2.75) is 6.92 Å². The molecule has 2 amide bonds. The number of amides is 2. The van der Waals surface area contributed by atoms with Crippen LogP contribution in [0.25, 0.3) is 0 Å². The lowest BCUT2D eigenvalue weighted by Gasteiger charge is -2.11. The maximum Gasteiger partial charge on any atom is 0.357 e. The quantitative estimate of drug-likeness (QED) is 0.641. The Hall–Kier alpha value is -2.28. The molecule has 1 saturated heterocycles. The van der Waals surface area contributed by atoms with Crippen LogP contribution in [0.4, 0.5) is 0 Å². The van der Waals surface area contributed by atoms with E-state index in [1.807, 2.05) is 0 Å². The summed E-state index contributed by atoms with van der Waals surface area (Å²) in [5.74, 6) is -1.12. The first-order chi connectivity index (χ1) is 10.1. The molecule has 1 fully saturated rings. The highest BCUT2D eigenvalue weighted by Crippen LogP contribution is 2.22. The fourth-order valence-electron chi connectivity index (χ4n) is 1.65. The lowest BCUT2D eigenvalue weighted by atomic mass is 10.2. The summed E-state index contributed by atoms with van der Waals surface area (Å²) in [6, 6.07) is 8.48. The molecule has 1 aliphatic heterocycles. The van der Waals surface area contributed by atoms with Crippen LogP contribution in [0.1, 0.15) is 17.3 Å². The summed E-state index contributed by atoms with van der Waals surface area (Å²) in [6.45, 7) is 1.84. The van der Waals surface area contributed by atoms with Crippen LogP contribution in [-0.4, -0.2) is 30.1 Å². The number of hydrogen-bond acceptors (Lipinski definition) is 5. The zero-order valence-electron chi connectivity index (χ0n) is 11.3. The highest BCUT2D eigenvalue weighted by Gasteiger charge is 2.26. The average molecular weight is 306 g/mol. The van der Waals surface area contributed by atoms with Gasteiger partial charge in [0.1, 0.15) is 5.03 Å². The Bertz CT molecular complexity index is 598. The molecule has 6 nitrogen and oxygen atoms in total. The predicted octanol–water partition coefficient (Wildman–Crippen LogP) is 1.01. The molecule has 0 aliphatic carbocycles. The van der Waals surface area contributed by atoms with Crippen LogP contribution in [0.15, 0.2) is 41.1 Å². The minimum Gasteiger partial charge on any atom is -0.461 e. The lowest BCUT2D eigenvalue weighted by molar-refractivity contribution is -0.138. The van der Waals surface area contributed by atoms with Crippen LogP contribution in [0.3, 0.4) is 0 Å². The first-order valence-corrected chi connectivity index (χ1v) is 7.30. The Morgan fingerprint density at radius 1 is 1.33 bits per heavy atom. The average Bonchev–Trinajstić information content (AvgIpc) is 2.92. The third kappa shape index (κ3) is 3.85. The van der Waals surface area contributed by atoms with E-state index in [2.05, 4.69) is 10.6 Å². The molecule has 0 spiro atoms. The number of carbonyl (C=O) groups excluding carboxylic acids is 3. The van der Waals surface area contributed by atoms with Gasteiger partial charge < -0.3 is 15.4 Å². The third-order valence-electron chi connectivity index (χ3n) is 2.58. The van der Waals surface area contributed by atoms with Crippen LogP contribution in [0, 0.1) is 0 Å². The number of ether oxygens (including phenoxy) is 1. The fraction of sp³-hybridized carbons (Fsp3) is 0.214. The maximum absolute atomic E-state index is 12.1. The van der Waals surface area contributed by atoms with Gasteiger partial charge in [-0.2, -0.15) is 0 Å². The molecule has 0 bridgehead atoms. The molecule has 21 heavy (non-hydrogen) atoms. The molecule has 110 valence electrons. The van der Waals surface area contributed by atoms with Crippen LogP contribution >= 0.6 is 11.8 Å². The standard InChI is InChI=1S/C14H14N2O4S/c1-2-20-14(19)11(13-15-10(17)8-21-13)16-12(18)9-6-4-3-5-7-9/h3-7H,2,8H2,1H3,(H,15,17)(H,16,18)/b13-11-. The van der Waals surface area contributed by atoms with Crippen LogP contribution < -0.4 is 10.6 Å². The molecule has 1 aliphatic rings. The second-order valence-corrected chi connectivity index (χ2v) is 5.07. The second kappa shape index (κ2) is 6.94. The predicted molar refractivity (Wildman–Crippen MR) is 78.2 cm³/mol. The Morgan fingerprint density at radius 3 is 2.62 bits per heavy atom. The summed E-state index contributed by atoms with van der Waals surface area (Å²) >= 11 is 1.15. The minimum absolute atomic E-state index is 0.0402. The molecule has 7 heteroatoms. The summed E-state index contributed by atoms with van der Waals surface area (Å²) in [5.41, 5.74) is 0.371. The first kappa shape index (κ1) is 15.1. The van der Waals surface area contributed by atoms with Crippen molar-refractivity contribution in [3.05, 3.63) is 46.6 Å². The van der Waals surface area contributed by atoms with Crippen molar-refractivity contribution in [3.8, 4) is 0 Å². The molecule has 2 N–H and O–H groups in total. The van der Waals surface area contributed by atoms with Gasteiger partial charge in [0.2, 0.25) is 5.91 Å². The molecule has 1 aromatic rings. The SMILES string of the molecule is CCOC(=O)/C(NC(=O)c1ccccc1)=C1\NC(=O)CS1. The first-order valence-electron chi connectivity index (χ1n) is 6.32. The fourth-order valence-corrected chi connectivity index (χ4v) is 2.46. The van der Waals surface area contributed by atoms with Gasteiger partial charge >= 0.3 is 5.97 Å². The molecule has 0 saturated carbocycles. The zero-order valence-corrected chi connectivity index (χ0v) is 12.2. The van der Waals surface area contributed by atoms with E-state index in [-0.39, 0.29) is 24.0 Å². The van der Waals surface area contributed by atoms with Gasteiger partial charge in [0.25, 0.3) is 5.91 Å². The molecule has 0 aromatic heterocycles. The van der Waals surface area contributed by atoms with Crippen molar-refractivity contribution in [3.63, 3.8) is 0 Å². The van der Waals surface area contributed by atoms with E-state index in [1.165, 1.54) is 0 Å². The lowest BCUT2D eigenvalue weighted by Crippen LogP contribution is -2.32. The van der Waals surface area contributed by atoms with Gasteiger partial charge in [-0.3, -0.25) is 9.59 Å². The van der Waals surface area contributed by atoms with Gasteiger partial charge in [0.05, 0.1) is 12.4 Å². The smallest absolute Gasteiger partial charge is 0.357 e. The largest absolute Gasteiger partial charge is 0.461 e. The molecule has 2 rings (SSSR count). The Morgan fingerprint density at radius 2 is 2.05 bits per heavy atom. The van der Waals surface area contributed by atoms with E-state index in [9.17, 15) is 14.4 Å². The Balaban J connectivity index is 2.23. The van der Waals surface area contributed by atoms with Crippen molar-refractivity contribution < 1.29 is 19.1 Å². The molecule has 0 unspecified atom stereocenters. The van der Waals surface area contributed by atoms with Crippen molar-refractivity contribution in [1.82, 2.24) is 10.6 Å². The van der Waals surface area contributed by atoms with Crippen molar-refractivity contribution >= 4 is 29.5 Å². The third-order valence-corrected chi connectivity index (χ3v) is 3.58. The van der Waals surface area contributed by atoms with Gasteiger partial charge in [-0.05, 0) is 19.1 Å². The number of benzene rings is 1. The Kier molecular flexibility index (Phi) is 4.99. The molecule has 1 heterocycles. The number of nitrogens with one attached hydrogen (secondary N) is 2. The normalized spacial score (nSPS) is 16.1. The number of carbonyl (C=O) groups is 3. The van der Waals surface area contributed by atoms with E-state index in [4.69, 9.17) is 4.74 Å². The molecular weight excluding hydrogens is 292 g/mol. The van der Waals surface area contributed by atoms with Crippen LogP contribution in [0.5, 0.6) is 0 Å². The zero-order chi connectivity index (χ0) is 15.2.